The van der Waals surface area contributed by atoms with E-state index in [1.165, 1.54) is 11.9 Å². The molecule has 6 heteroatoms. The van der Waals surface area contributed by atoms with Gasteiger partial charge in [-0.3, -0.25) is 4.79 Å². The third-order valence-electron chi connectivity index (χ3n) is 3.37. The number of benzene rings is 1. The molecule has 116 valence electrons. The molecule has 0 aliphatic heterocycles. The van der Waals surface area contributed by atoms with Crippen LogP contribution in [0.3, 0.4) is 0 Å². The summed E-state index contributed by atoms with van der Waals surface area (Å²) in [6, 6.07) is 13.6. The smallest absolute Gasteiger partial charge is 0.225 e. The molecule has 0 spiro atoms. The van der Waals surface area contributed by atoms with Crippen LogP contribution in [-0.2, 0) is 11.2 Å². The Morgan fingerprint density at radius 3 is 2.78 bits per heavy atom. The van der Waals surface area contributed by atoms with Crippen molar-refractivity contribution in [3.05, 3.63) is 66.7 Å². The van der Waals surface area contributed by atoms with Gasteiger partial charge in [0.2, 0.25) is 5.91 Å². The zero-order valence-corrected chi connectivity index (χ0v) is 12.6. The molecule has 3 aromatic rings. The Morgan fingerprint density at radius 2 is 2.00 bits per heavy atom. The van der Waals surface area contributed by atoms with E-state index in [4.69, 9.17) is 0 Å². The Bertz CT molecular complexity index is 756. The van der Waals surface area contributed by atoms with E-state index in [-0.39, 0.29) is 5.91 Å². The molecule has 3 rings (SSSR count). The zero-order chi connectivity index (χ0) is 15.9. The predicted octanol–water partition coefficient (Wildman–Crippen LogP) is 2.62. The minimum atomic E-state index is -0.0500. The van der Waals surface area contributed by atoms with E-state index in [0.29, 0.717) is 18.1 Å². The van der Waals surface area contributed by atoms with Crippen molar-refractivity contribution in [1.29, 1.82) is 0 Å². The summed E-state index contributed by atoms with van der Waals surface area (Å²) in [6.07, 6.45) is 7.01. The highest BCUT2D eigenvalue weighted by molar-refractivity contribution is 5.89. The average Bonchev–Trinajstić information content (AvgIpc) is 3.11. The standard InChI is InChI=1S/C17H17N5O/c23-17(9-4-8-14-6-2-1-3-7-14)21-15-12-16(19-13-18-15)22-11-5-10-20-22/h1-3,5-7,10-13H,4,8-9H2,(H,18,19,21,23). The highest BCUT2D eigenvalue weighted by Crippen LogP contribution is 2.09. The van der Waals surface area contributed by atoms with Gasteiger partial charge in [-0.05, 0) is 24.5 Å². The number of hydrogen-bond donors (Lipinski definition) is 1. The van der Waals surface area contributed by atoms with Crippen molar-refractivity contribution in [3.8, 4) is 5.82 Å². The number of nitrogens with one attached hydrogen (secondary N) is 1. The van der Waals surface area contributed by atoms with Gasteiger partial charge in [0, 0.05) is 24.9 Å². The lowest BCUT2D eigenvalue weighted by molar-refractivity contribution is -0.116. The van der Waals surface area contributed by atoms with Crippen molar-refractivity contribution in [3.63, 3.8) is 0 Å². The molecule has 1 N–H and O–H groups in total. The molecular weight excluding hydrogens is 290 g/mol. The van der Waals surface area contributed by atoms with Crippen LogP contribution in [0, 0.1) is 0 Å². The molecule has 0 radical (unpaired) electrons. The van der Waals surface area contributed by atoms with Gasteiger partial charge in [0.25, 0.3) is 0 Å². The van der Waals surface area contributed by atoms with Gasteiger partial charge in [0.15, 0.2) is 5.82 Å². The number of carbonyl (C=O) groups excluding carboxylic acids is 1. The fourth-order valence-corrected chi connectivity index (χ4v) is 2.25. The molecule has 6 nitrogen and oxygen atoms in total. The molecule has 0 bridgehead atoms. The second-order valence-corrected chi connectivity index (χ2v) is 5.10. The molecular formula is C17H17N5O. The van der Waals surface area contributed by atoms with Crippen LogP contribution in [0.25, 0.3) is 5.82 Å². The largest absolute Gasteiger partial charge is 0.311 e. The monoisotopic (exact) mass is 307 g/mol. The molecule has 0 saturated carbocycles. The van der Waals surface area contributed by atoms with Gasteiger partial charge < -0.3 is 5.32 Å². The van der Waals surface area contributed by atoms with Gasteiger partial charge >= 0.3 is 0 Å². The molecule has 0 unspecified atom stereocenters. The quantitative estimate of drug-likeness (QED) is 0.760. The summed E-state index contributed by atoms with van der Waals surface area (Å²) in [7, 11) is 0. The third kappa shape index (κ3) is 4.23. The van der Waals surface area contributed by atoms with Crippen LogP contribution < -0.4 is 5.32 Å². The minimum absolute atomic E-state index is 0.0500. The predicted molar refractivity (Wildman–Crippen MR) is 87.2 cm³/mol. The molecule has 2 heterocycles. The first kappa shape index (κ1) is 14.9. The Morgan fingerprint density at radius 1 is 1.13 bits per heavy atom. The van der Waals surface area contributed by atoms with Crippen LogP contribution in [0.1, 0.15) is 18.4 Å². The lowest BCUT2D eigenvalue weighted by Crippen LogP contribution is -2.13. The van der Waals surface area contributed by atoms with Gasteiger partial charge in [-0.2, -0.15) is 5.10 Å². The Kier molecular flexibility index (Phi) is 4.73. The summed E-state index contributed by atoms with van der Waals surface area (Å²) in [5, 5.41) is 6.90. The van der Waals surface area contributed by atoms with Crippen LogP contribution in [0.5, 0.6) is 0 Å². The number of anilines is 1. The number of carbonyl (C=O) groups is 1. The van der Waals surface area contributed by atoms with Gasteiger partial charge in [0.05, 0.1) is 0 Å². The minimum Gasteiger partial charge on any atom is -0.311 e. The maximum atomic E-state index is 12.0. The molecule has 1 aromatic carbocycles. The van der Waals surface area contributed by atoms with E-state index in [1.54, 1.807) is 23.1 Å². The summed E-state index contributed by atoms with van der Waals surface area (Å²) in [4.78, 5) is 20.2. The average molecular weight is 307 g/mol. The van der Waals surface area contributed by atoms with E-state index in [2.05, 4.69) is 32.5 Å². The molecule has 1 amide bonds. The topological polar surface area (TPSA) is 72.7 Å². The van der Waals surface area contributed by atoms with Crippen LogP contribution in [0.15, 0.2) is 61.2 Å². The fraction of sp³-hybridized carbons (Fsp3) is 0.176. The first-order valence-electron chi connectivity index (χ1n) is 7.47. The number of hydrogen-bond acceptors (Lipinski definition) is 4. The lowest BCUT2D eigenvalue weighted by Gasteiger charge is -2.06. The van der Waals surface area contributed by atoms with E-state index in [0.717, 1.165) is 12.8 Å². The first-order chi connectivity index (χ1) is 11.3. The summed E-state index contributed by atoms with van der Waals surface area (Å²) >= 11 is 0. The Labute approximate surface area is 134 Å². The number of aryl methyl sites for hydroxylation is 1. The van der Waals surface area contributed by atoms with Crippen molar-refractivity contribution in [2.75, 3.05) is 5.32 Å². The molecule has 23 heavy (non-hydrogen) atoms. The summed E-state index contributed by atoms with van der Waals surface area (Å²) < 4.78 is 1.62. The second kappa shape index (κ2) is 7.31. The number of rotatable bonds is 6. The number of amides is 1. The van der Waals surface area contributed by atoms with Gasteiger partial charge in [-0.25, -0.2) is 14.6 Å². The van der Waals surface area contributed by atoms with Crippen molar-refractivity contribution in [2.45, 2.75) is 19.3 Å². The third-order valence-corrected chi connectivity index (χ3v) is 3.37. The van der Waals surface area contributed by atoms with Gasteiger partial charge in [-0.15, -0.1) is 0 Å². The van der Waals surface area contributed by atoms with Crippen molar-refractivity contribution in [1.82, 2.24) is 19.7 Å². The van der Waals surface area contributed by atoms with Crippen LogP contribution in [-0.4, -0.2) is 25.7 Å². The van der Waals surface area contributed by atoms with Gasteiger partial charge in [0.1, 0.15) is 12.1 Å². The fourth-order valence-electron chi connectivity index (χ4n) is 2.25. The van der Waals surface area contributed by atoms with Crippen molar-refractivity contribution in [2.24, 2.45) is 0 Å². The molecule has 2 aromatic heterocycles. The summed E-state index contributed by atoms with van der Waals surface area (Å²) in [5.74, 6) is 1.05. The SMILES string of the molecule is O=C(CCCc1ccccc1)Nc1cc(-n2cccn2)ncn1. The Balaban J connectivity index is 1.53. The normalized spacial score (nSPS) is 10.4. The van der Waals surface area contributed by atoms with E-state index in [9.17, 15) is 4.79 Å². The molecule has 0 atom stereocenters. The van der Waals surface area contributed by atoms with Crippen LogP contribution in [0.2, 0.25) is 0 Å². The van der Waals surface area contributed by atoms with E-state index < -0.39 is 0 Å². The highest BCUT2D eigenvalue weighted by atomic mass is 16.1. The van der Waals surface area contributed by atoms with Crippen molar-refractivity contribution >= 4 is 11.7 Å². The summed E-state index contributed by atoms with van der Waals surface area (Å²) in [5.41, 5.74) is 1.24. The van der Waals surface area contributed by atoms with Gasteiger partial charge in [-0.1, -0.05) is 30.3 Å². The Hall–Kier alpha value is -3.02. The van der Waals surface area contributed by atoms with Crippen molar-refractivity contribution < 1.29 is 4.79 Å². The maximum Gasteiger partial charge on any atom is 0.225 e. The lowest BCUT2D eigenvalue weighted by atomic mass is 10.1. The number of nitrogens with zero attached hydrogens (tertiary/aromatic N) is 4. The van der Waals surface area contributed by atoms with Crippen LogP contribution >= 0.6 is 0 Å². The molecule has 0 saturated heterocycles. The highest BCUT2D eigenvalue weighted by Gasteiger charge is 2.06. The van der Waals surface area contributed by atoms with E-state index >= 15 is 0 Å². The second-order valence-electron chi connectivity index (χ2n) is 5.10. The first-order valence-corrected chi connectivity index (χ1v) is 7.47. The van der Waals surface area contributed by atoms with Crippen LogP contribution in [0.4, 0.5) is 5.82 Å². The number of aromatic nitrogens is 4. The van der Waals surface area contributed by atoms with E-state index in [1.807, 2.05) is 24.3 Å². The molecule has 0 fully saturated rings. The maximum absolute atomic E-state index is 12.0. The summed E-state index contributed by atoms with van der Waals surface area (Å²) in [6.45, 7) is 0. The molecule has 0 aliphatic carbocycles. The zero-order valence-electron chi connectivity index (χ0n) is 12.6. The molecule has 0 aliphatic rings.